The monoisotopic (exact) mass is 181 g/mol. The van der Waals surface area contributed by atoms with E-state index in [-0.39, 0.29) is 5.92 Å². The summed E-state index contributed by atoms with van der Waals surface area (Å²) >= 11 is 1.64. The molecule has 0 bridgehead atoms. The molecule has 2 heterocycles. The van der Waals surface area contributed by atoms with Gasteiger partial charge in [0.25, 0.3) is 0 Å². The van der Waals surface area contributed by atoms with E-state index in [1.165, 1.54) is 0 Å². The van der Waals surface area contributed by atoms with Crippen molar-refractivity contribution in [3.63, 3.8) is 0 Å². The van der Waals surface area contributed by atoms with Crippen molar-refractivity contribution in [1.82, 2.24) is 5.32 Å². The van der Waals surface area contributed by atoms with Gasteiger partial charge in [0.1, 0.15) is 0 Å². The lowest BCUT2D eigenvalue weighted by atomic mass is 9.93. The Hall–Kier alpha value is -0.670. The molecule has 1 aliphatic heterocycles. The van der Waals surface area contributed by atoms with Gasteiger partial charge in [0.2, 0.25) is 0 Å². The topological polar surface area (TPSA) is 29.1 Å². The first-order valence-electron chi connectivity index (χ1n) is 4.08. The smallest absolute Gasteiger partial charge is 0.169 e. The van der Waals surface area contributed by atoms with E-state index in [0.717, 1.165) is 23.5 Å². The van der Waals surface area contributed by atoms with E-state index >= 15 is 0 Å². The molecule has 64 valence electrons. The summed E-state index contributed by atoms with van der Waals surface area (Å²) in [6.45, 7) is 3.71. The lowest BCUT2D eigenvalue weighted by Crippen LogP contribution is -2.46. The molecule has 1 aromatic rings. The summed E-state index contributed by atoms with van der Waals surface area (Å²) in [6.07, 6.45) is 0. The first kappa shape index (κ1) is 7.95. The molecule has 1 saturated heterocycles. The van der Waals surface area contributed by atoms with Crippen LogP contribution in [-0.2, 0) is 0 Å². The maximum atomic E-state index is 11.7. The minimum absolute atomic E-state index is 0.235. The van der Waals surface area contributed by atoms with Crippen molar-refractivity contribution in [3.05, 3.63) is 21.9 Å². The maximum absolute atomic E-state index is 11.7. The second kappa shape index (κ2) is 2.99. The van der Waals surface area contributed by atoms with Crippen LogP contribution < -0.4 is 5.32 Å². The van der Waals surface area contributed by atoms with Crippen molar-refractivity contribution in [2.24, 2.45) is 5.92 Å². The Bertz CT molecular complexity index is 301. The Balaban J connectivity index is 2.19. The molecule has 0 atom stereocenters. The average Bonchev–Trinajstić information content (AvgIpc) is 2.31. The van der Waals surface area contributed by atoms with Crippen LogP contribution in [0.4, 0.5) is 0 Å². The highest BCUT2D eigenvalue weighted by Gasteiger charge is 2.26. The number of Topliss-reactive ketones (excluding diaryl/α,β-unsaturated/α-hetero) is 1. The largest absolute Gasteiger partial charge is 0.315 e. The van der Waals surface area contributed by atoms with Gasteiger partial charge in [-0.2, -0.15) is 0 Å². The number of rotatable bonds is 2. The first-order chi connectivity index (χ1) is 5.79. The SMILES string of the molecule is Cc1sccc1C(=O)C1CNC1. The quantitative estimate of drug-likeness (QED) is 0.700. The number of hydrogen-bond donors (Lipinski definition) is 1. The van der Waals surface area contributed by atoms with Crippen LogP contribution in [0.3, 0.4) is 0 Å². The van der Waals surface area contributed by atoms with Gasteiger partial charge in [-0.25, -0.2) is 0 Å². The van der Waals surface area contributed by atoms with Crippen molar-refractivity contribution in [1.29, 1.82) is 0 Å². The highest BCUT2D eigenvalue weighted by atomic mass is 32.1. The standard InChI is InChI=1S/C9H11NOS/c1-6-8(2-3-12-6)9(11)7-4-10-5-7/h2-3,7,10H,4-5H2,1H3. The normalized spacial score (nSPS) is 17.4. The number of thiophene rings is 1. The summed E-state index contributed by atoms with van der Waals surface area (Å²) in [5.74, 6) is 0.547. The molecular formula is C9H11NOS. The second-order valence-corrected chi connectivity index (χ2v) is 4.23. The summed E-state index contributed by atoms with van der Waals surface area (Å²) in [4.78, 5) is 12.8. The van der Waals surface area contributed by atoms with Crippen LogP contribution in [0.5, 0.6) is 0 Å². The number of nitrogens with one attached hydrogen (secondary N) is 1. The van der Waals surface area contributed by atoms with Gasteiger partial charge in [0.05, 0.1) is 0 Å². The van der Waals surface area contributed by atoms with Crippen LogP contribution in [-0.4, -0.2) is 18.9 Å². The fourth-order valence-electron chi connectivity index (χ4n) is 1.33. The fourth-order valence-corrected chi connectivity index (χ4v) is 2.04. The van der Waals surface area contributed by atoms with Gasteiger partial charge in [-0.05, 0) is 18.4 Å². The minimum atomic E-state index is 0.235. The minimum Gasteiger partial charge on any atom is -0.315 e. The predicted octanol–water partition coefficient (Wildman–Crippen LogP) is 1.46. The Morgan fingerprint density at radius 3 is 2.83 bits per heavy atom. The van der Waals surface area contributed by atoms with Gasteiger partial charge in [0, 0.05) is 29.4 Å². The first-order valence-corrected chi connectivity index (χ1v) is 4.96. The Morgan fingerprint density at radius 2 is 2.42 bits per heavy atom. The summed E-state index contributed by atoms with van der Waals surface area (Å²) in [5.41, 5.74) is 0.923. The molecule has 0 saturated carbocycles. The molecule has 1 fully saturated rings. The Morgan fingerprint density at radius 1 is 1.67 bits per heavy atom. The number of carbonyl (C=O) groups excluding carboxylic acids is 1. The molecule has 0 amide bonds. The lowest BCUT2D eigenvalue weighted by molar-refractivity contribution is 0.0878. The van der Waals surface area contributed by atoms with Crippen LogP contribution in [0.1, 0.15) is 15.2 Å². The zero-order chi connectivity index (χ0) is 8.55. The van der Waals surface area contributed by atoms with Crippen LogP contribution >= 0.6 is 11.3 Å². The zero-order valence-electron chi connectivity index (χ0n) is 6.96. The van der Waals surface area contributed by atoms with Crippen LogP contribution in [0.2, 0.25) is 0 Å². The van der Waals surface area contributed by atoms with Gasteiger partial charge in [0.15, 0.2) is 5.78 Å². The van der Waals surface area contributed by atoms with Crippen molar-refractivity contribution in [2.75, 3.05) is 13.1 Å². The van der Waals surface area contributed by atoms with E-state index in [1.54, 1.807) is 11.3 Å². The summed E-state index contributed by atoms with van der Waals surface area (Å²) < 4.78 is 0. The van der Waals surface area contributed by atoms with Gasteiger partial charge in [-0.1, -0.05) is 0 Å². The van der Waals surface area contributed by atoms with Crippen LogP contribution in [0.15, 0.2) is 11.4 Å². The number of carbonyl (C=O) groups is 1. The molecule has 0 aromatic carbocycles. The molecule has 1 aromatic heterocycles. The summed E-state index contributed by atoms with van der Waals surface area (Å²) in [5, 5.41) is 5.09. The number of hydrogen-bond acceptors (Lipinski definition) is 3. The molecule has 2 rings (SSSR count). The highest BCUT2D eigenvalue weighted by Crippen LogP contribution is 2.20. The average molecular weight is 181 g/mol. The molecule has 3 heteroatoms. The van der Waals surface area contributed by atoms with Crippen LogP contribution in [0.25, 0.3) is 0 Å². The molecule has 2 nitrogen and oxygen atoms in total. The predicted molar refractivity (Wildman–Crippen MR) is 49.7 cm³/mol. The Kier molecular flexibility index (Phi) is 1.98. The van der Waals surface area contributed by atoms with Crippen molar-refractivity contribution >= 4 is 17.1 Å². The third kappa shape index (κ3) is 1.19. The third-order valence-electron chi connectivity index (χ3n) is 2.28. The molecule has 0 spiro atoms. The van der Waals surface area contributed by atoms with E-state index in [2.05, 4.69) is 5.32 Å². The molecular weight excluding hydrogens is 170 g/mol. The molecule has 0 aliphatic carbocycles. The fraction of sp³-hybridized carbons (Fsp3) is 0.444. The number of aryl methyl sites for hydroxylation is 1. The van der Waals surface area contributed by atoms with Gasteiger partial charge in [-0.3, -0.25) is 4.79 Å². The van der Waals surface area contributed by atoms with Gasteiger partial charge < -0.3 is 5.32 Å². The third-order valence-corrected chi connectivity index (χ3v) is 3.12. The molecule has 0 radical (unpaired) electrons. The van der Waals surface area contributed by atoms with Crippen LogP contribution in [0, 0.1) is 12.8 Å². The van der Waals surface area contributed by atoms with E-state index < -0.39 is 0 Å². The Labute approximate surface area is 75.6 Å². The second-order valence-electron chi connectivity index (χ2n) is 3.11. The van der Waals surface area contributed by atoms with Crippen molar-refractivity contribution in [2.45, 2.75) is 6.92 Å². The van der Waals surface area contributed by atoms with Crippen molar-refractivity contribution < 1.29 is 4.79 Å². The summed E-state index contributed by atoms with van der Waals surface area (Å²) in [7, 11) is 0. The number of ketones is 1. The molecule has 12 heavy (non-hydrogen) atoms. The van der Waals surface area contributed by atoms with E-state index in [1.807, 2.05) is 18.4 Å². The zero-order valence-corrected chi connectivity index (χ0v) is 7.78. The van der Waals surface area contributed by atoms with Gasteiger partial charge >= 0.3 is 0 Å². The van der Waals surface area contributed by atoms with Gasteiger partial charge in [-0.15, -0.1) is 11.3 Å². The van der Waals surface area contributed by atoms with Crippen molar-refractivity contribution in [3.8, 4) is 0 Å². The van der Waals surface area contributed by atoms with E-state index in [9.17, 15) is 4.79 Å². The van der Waals surface area contributed by atoms with E-state index in [0.29, 0.717) is 5.78 Å². The molecule has 1 aliphatic rings. The van der Waals surface area contributed by atoms with E-state index in [4.69, 9.17) is 0 Å². The molecule has 1 N–H and O–H groups in total. The maximum Gasteiger partial charge on any atom is 0.169 e. The highest BCUT2D eigenvalue weighted by molar-refractivity contribution is 7.10. The lowest BCUT2D eigenvalue weighted by Gasteiger charge is -2.25. The summed E-state index contributed by atoms with van der Waals surface area (Å²) in [6, 6.07) is 1.93. The molecule has 0 unspecified atom stereocenters.